The van der Waals surface area contributed by atoms with Crippen LogP contribution in [0.25, 0.3) is 0 Å². The minimum absolute atomic E-state index is 0.00525. The van der Waals surface area contributed by atoms with Crippen LogP contribution in [-0.2, 0) is 36.9 Å². The van der Waals surface area contributed by atoms with E-state index in [1.54, 1.807) is 30.3 Å². The maximum absolute atomic E-state index is 13.8. The van der Waals surface area contributed by atoms with E-state index >= 15 is 0 Å². The smallest absolute Gasteiger partial charge is 0.289 e. The van der Waals surface area contributed by atoms with Crippen molar-refractivity contribution in [3.63, 3.8) is 0 Å². The minimum Gasteiger partial charge on any atom is -0.451 e. The van der Waals surface area contributed by atoms with Gasteiger partial charge in [-0.1, -0.05) is 30.3 Å². The van der Waals surface area contributed by atoms with Gasteiger partial charge in [0.2, 0.25) is 23.5 Å². The molecule has 0 saturated heterocycles. The quantitative estimate of drug-likeness (QED) is 0.361. The molecule has 200 valence electrons. The number of benzene rings is 1. The molecule has 10 nitrogen and oxygen atoms in total. The molecule has 3 rings (SSSR count). The number of ether oxygens (including phenoxy) is 1. The zero-order chi connectivity index (χ0) is 26.8. The van der Waals surface area contributed by atoms with E-state index in [4.69, 9.17) is 9.15 Å². The van der Waals surface area contributed by atoms with Crippen molar-refractivity contribution in [1.82, 2.24) is 20.9 Å². The predicted octanol–water partition coefficient (Wildman–Crippen LogP) is 1.54. The molecule has 0 bridgehead atoms. The highest BCUT2D eigenvalue weighted by Gasteiger charge is 2.40. The number of ketones is 1. The molecule has 2 aromatic rings. The molecule has 3 amide bonds. The molecular weight excluding hydrogens is 490 g/mol. The monoisotopic (exact) mass is 520 g/mol. The maximum Gasteiger partial charge on any atom is 0.289 e. The summed E-state index contributed by atoms with van der Waals surface area (Å²) in [7, 11) is 1.31. The van der Waals surface area contributed by atoms with Crippen molar-refractivity contribution >= 4 is 23.5 Å². The summed E-state index contributed by atoms with van der Waals surface area (Å²) in [5.41, 5.74) is 1.09. The van der Waals surface area contributed by atoms with Gasteiger partial charge in [0.1, 0.15) is 18.3 Å². The van der Waals surface area contributed by atoms with Gasteiger partial charge >= 0.3 is 0 Å². The van der Waals surface area contributed by atoms with E-state index in [1.165, 1.54) is 19.8 Å². The van der Waals surface area contributed by atoms with E-state index < -0.39 is 53.8 Å². The highest BCUT2D eigenvalue weighted by molar-refractivity contribution is 6.38. The summed E-state index contributed by atoms with van der Waals surface area (Å²) in [5.74, 6) is -7.20. The molecule has 1 aliphatic carbocycles. The van der Waals surface area contributed by atoms with E-state index in [1.807, 2.05) is 0 Å². The molecule has 0 aliphatic heterocycles. The first kappa shape index (κ1) is 27.9. The first-order valence-corrected chi connectivity index (χ1v) is 11.9. The van der Waals surface area contributed by atoms with Crippen LogP contribution in [-0.4, -0.2) is 60.2 Å². The lowest BCUT2D eigenvalue weighted by molar-refractivity contribution is -0.141. The number of rotatable bonds is 12. The van der Waals surface area contributed by atoms with Crippen molar-refractivity contribution < 1.29 is 37.1 Å². The Morgan fingerprint density at radius 2 is 1.92 bits per heavy atom. The first-order chi connectivity index (χ1) is 17.7. The molecule has 0 radical (unpaired) electrons. The Morgan fingerprint density at radius 1 is 1.16 bits per heavy atom. The van der Waals surface area contributed by atoms with Crippen LogP contribution in [0.15, 0.2) is 47.4 Å². The van der Waals surface area contributed by atoms with Gasteiger partial charge in [0, 0.05) is 32.3 Å². The second kappa shape index (κ2) is 13.0. The minimum atomic E-state index is -2.94. The summed E-state index contributed by atoms with van der Waals surface area (Å²) >= 11 is 0. The number of amides is 3. The average molecular weight is 521 g/mol. The third kappa shape index (κ3) is 8.45. The average Bonchev–Trinajstić information content (AvgIpc) is 3.40. The van der Waals surface area contributed by atoms with Gasteiger partial charge < -0.3 is 25.1 Å². The number of carbonyl (C=O) groups excluding carboxylic acids is 4. The van der Waals surface area contributed by atoms with Gasteiger partial charge in [0.15, 0.2) is 6.39 Å². The first-order valence-electron chi connectivity index (χ1n) is 11.9. The Labute approximate surface area is 212 Å². The van der Waals surface area contributed by atoms with Crippen LogP contribution in [0.3, 0.4) is 0 Å². The second-order valence-corrected chi connectivity index (χ2v) is 8.94. The van der Waals surface area contributed by atoms with Gasteiger partial charge in [0.05, 0.1) is 18.8 Å². The second-order valence-electron chi connectivity index (χ2n) is 8.94. The molecule has 3 N–H and O–H groups in total. The van der Waals surface area contributed by atoms with Crippen LogP contribution in [0.1, 0.15) is 36.9 Å². The molecule has 1 saturated carbocycles. The molecule has 1 aromatic carbocycles. The van der Waals surface area contributed by atoms with Crippen molar-refractivity contribution in [2.45, 2.75) is 56.7 Å². The number of aromatic nitrogens is 1. The number of Topliss-reactive ketones (excluding diaryl/α,β-unsaturated/α-hetero) is 1. The van der Waals surface area contributed by atoms with Gasteiger partial charge in [-0.05, 0) is 18.4 Å². The molecule has 37 heavy (non-hydrogen) atoms. The van der Waals surface area contributed by atoms with Gasteiger partial charge in [-0.2, -0.15) is 0 Å². The predicted molar refractivity (Wildman–Crippen MR) is 126 cm³/mol. The van der Waals surface area contributed by atoms with Crippen LogP contribution in [0.5, 0.6) is 0 Å². The SMILES string of the molecule is COC[C@@H](NC(=O)C1CCCC(F)(F)C1)C(=O)N[C@H](Cc1ccccc1)C(=O)C(=O)NCc1cocn1. The van der Waals surface area contributed by atoms with Crippen molar-refractivity contribution in [1.29, 1.82) is 0 Å². The third-order valence-corrected chi connectivity index (χ3v) is 6.03. The molecule has 1 aliphatic rings. The number of alkyl halides is 2. The number of carbonyl (C=O) groups is 4. The van der Waals surface area contributed by atoms with Gasteiger partial charge in [-0.3, -0.25) is 19.2 Å². The van der Waals surface area contributed by atoms with Crippen molar-refractivity contribution in [2.75, 3.05) is 13.7 Å². The van der Waals surface area contributed by atoms with Crippen LogP contribution < -0.4 is 16.0 Å². The Kier molecular flexibility index (Phi) is 9.84. The van der Waals surface area contributed by atoms with Gasteiger partial charge in [-0.15, -0.1) is 0 Å². The number of nitrogens with one attached hydrogen (secondary N) is 3. The summed E-state index contributed by atoms with van der Waals surface area (Å²) in [6.07, 6.45) is 2.11. The van der Waals surface area contributed by atoms with E-state index in [9.17, 15) is 28.0 Å². The number of oxazole rings is 1. The fraction of sp³-hybridized carbons (Fsp3) is 0.480. The Hall–Kier alpha value is -3.67. The summed E-state index contributed by atoms with van der Waals surface area (Å²) in [4.78, 5) is 55.2. The van der Waals surface area contributed by atoms with E-state index in [0.29, 0.717) is 11.3 Å². The van der Waals surface area contributed by atoms with E-state index in [2.05, 4.69) is 20.9 Å². The third-order valence-electron chi connectivity index (χ3n) is 6.03. The van der Waals surface area contributed by atoms with Crippen LogP contribution in [0.4, 0.5) is 8.78 Å². The topological polar surface area (TPSA) is 140 Å². The fourth-order valence-electron chi connectivity index (χ4n) is 4.11. The summed E-state index contributed by atoms with van der Waals surface area (Å²) in [6, 6.07) is 6.23. The number of nitrogens with zero attached hydrogens (tertiary/aromatic N) is 1. The zero-order valence-electron chi connectivity index (χ0n) is 20.4. The van der Waals surface area contributed by atoms with Gasteiger partial charge in [-0.25, -0.2) is 13.8 Å². The van der Waals surface area contributed by atoms with Crippen LogP contribution >= 0.6 is 0 Å². The van der Waals surface area contributed by atoms with E-state index in [-0.39, 0.29) is 38.8 Å². The van der Waals surface area contributed by atoms with E-state index in [0.717, 1.165) is 0 Å². The highest BCUT2D eigenvalue weighted by atomic mass is 19.3. The van der Waals surface area contributed by atoms with Gasteiger partial charge in [0.25, 0.3) is 5.91 Å². The molecule has 1 unspecified atom stereocenters. The molecular formula is C25H30F2N4O6. The zero-order valence-corrected chi connectivity index (χ0v) is 20.4. The Balaban J connectivity index is 1.69. The fourth-order valence-corrected chi connectivity index (χ4v) is 4.11. The van der Waals surface area contributed by atoms with Crippen molar-refractivity contribution in [3.8, 4) is 0 Å². The van der Waals surface area contributed by atoms with Crippen molar-refractivity contribution in [2.24, 2.45) is 5.92 Å². The molecule has 12 heteroatoms. The Morgan fingerprint density at radius 3 is 2.57 bits per heavy atom. The molecule has 1 heterocycles. The largest absolute Gasteiger partial charge is 0.451 e. The molecule has 1 aromatic heterocycles. The lowest BCUT2D eigenvalue weighted by Crippen LogP contribution is -2.56. The highest BCUT2D eigenvalue weighted by Crippen LogP contribution is 2.36. The number of methoxy groups -OCH3 is 1. The normalized spacial score (nSPS) is 18.3. The molecule has 3 atom stereocenters. The number of halogens is 2. The summed E-state index contributed by atoms with van der Waals surface area (Å²) in [6.45, 7) is -0.313. The summed E-state index contributed by atoms with van der Waals surface area (Å²) in [5, 5.41) is 7.42. The maximum atomic E-state index is 13.8. The summed E-state index contributed by atoms with van der Waals surface area (Å²) < 4.78 is 37.4. The lowest BCUT2D eigenvalue weighted by atomic mass is 9.86. The number of hydrogen-bond donors (Lipinski definition) is 3. The standard InChI is InChI=1S/C25H30F2N4O6/c1-36-14-20(31-22(33)17-8-5-9-25(26,27)11-17)23(34)30-19(10-16-6-3-2-4-7-16)21(32)24(35)28-12-18-13-37-15-29-18/h2-4,6-7,13,15,17,19-20H,5,8-12,14H2,1H3,(H,28,35)(H,30,34)(H,31,33)/t17?,19-,20-/m1/s1. The van der Waals surface area contributed by atoms with Crippen LogP contribution in [0.2, 0.25) is 0 Å². The Bertz CT molecular complexity index is 1060. The number of hydrogen-bond acceptors (Lipinski definition) is 7. The van der Waals surface area contributed by atoms with Crippen molar-refractivity contribution in [3.05, 3.63) is 54.2 Å². The molecule has 1 fully saturated rings. The van der Waals surface area contributed by atoms with Crippen LogP contribution in [0, 0.1) is 5.92 Å². The molecule has 0 spiro atoms. The lowest BCUT2D eigenvalue weighted by Gasteiger charge is -2.29.